The molecule has 3 aromatic rings. The van der Waals surface area contributed by atoms with Crippen LogP contribution in [0, 0.1) is 13.8 Å². The van der Waals surface area contributed by atoms with Gasteiger partial charge < -0.3 is 14.5 Å². The fraction of sp³-hybridized carbons (Fsp3) is 0.240. The van der Waals surface area contributed by atoms with Gasteiger partial charge in [0.15, 0.2) is 6.61 Å². The molecule has 3 rings (SSSR count). The molecule has 1 N–H and O–H groups in total. The Morgan fingerprint density at radius 2 is 1.61 bits per heavy atom. The fourth-order valence-electron chi connectivity index (χ4n) is 3.26. The minimum absolute atomic E-state index is 0.234. The number of nitrogens with one attached hydrogen (secondary N) is 1. The van der Waals surface area contributed by atoms with Crippen LogP contribution in [0.3, 0.4) is 0 Å². The molecule has 1 aromatic heterocycles. The second-order valence-electron chi connectivity index (χ2n) is 7.28. The number of hydrogen-bond acceptors (Lipinski definition) is 6. The third kappa shape index (κ3) is 6.27. The minimum Gasteiger partial charge on any atom is -0.462 e. The van der Waals surface area contributed by atoms with Crippen molar-refractivity contribution < 1.29 is 23.9 Å². The Bertz CT molecular complexity index is 1150. The summed E-state index contributed by atoms with van der Waals surface area (Å²) in [6.45, 7) is 4.87. The van der Waals surface area contributed by atoms with Crippen LogP contribution in [0.25, 0.3) is 0 Å². The Morgan fingerprint density at radius 3 is 2.24 bits per heavy atom. The van der Waals surface area contributed by atoms with Crippen LogP contribution in [0.2, 0.25) is 5.02 Å². The Balaban J connectivity index is 1.56. The van der Waals surface area contributed by atoms with E-state index in [1.165, 1.54) is 0 Å². The number of benzene rings is 2. The van der Waals surface area contributed by atoms with Gasteiger partial charge in [-0.2, -0.15) is 0 Å². The third-order valence-electron chi connectivity index (χ3n) is 4.94. The Hall–Kier alpha value is -3.03. The number of ether oxygens (including phenoxy) is 2. The number of hydrogen-bond donors (Lipinski definition) is 1. The van der Waals surface area contributed by atoms with Gasteiger partial charge in [-0.15, -0.1) is 11.8 Å². The summed E-state index contributed by atoms with van der Waals surface area (Å²) in [4.78, 5) is 41.0. The number of carbonyl (C=O) groups is 3. The molecule has 8 heteroatoms. The molecule has 0 unspecified atom stereocenters. The van der Waals surface area contributed by atoms with Crippen molar-refractivity contribution in [3.63, 3.8) is 0 Å². The maximum absolute atomic E-state index is 12.6. The van der Waals surface area contributed by atoms with Gasteiger partial charge in [0.05, 0.1) is 23.4 Å². The largest absolute Gasteiger partial charge is 0.462 e. The number of halogens is 1. The summed E-state index contributed by atoms with van der Waals surface area (Å²) in [7, 11) is 0. The topological polar surface area (TPSA) is 85.5 Å². The molecule has 0 aliphatic carbocycles. The number of aromatic amines is 1. The molecule has 2 aromatic carbocycles. The lowest BCUT2D eigenvalue weighted by molar-refractivity contribution is 0.0472. The summed E-state index contributed by atoms with van der Waals surface area (Å²) in [5.41, 5.74) is 2.99. The molecule has 0 fully saturated rings. The molecular formula is C25H24ClNO5S. The number of H-pyrrole nitrogens is 1. The van der Waals surface area contributed by atoms with Gasteiger partial charge in [0.2, 0.25) is 5.78 Å². The van der Waals surface area contributed by atoms with Crippen LogP contribution in [0.5, 0.6) is 0 Å². The number of Topliss-reactive ketones (excluding diaryl/α,β-unsaturated/α-hetero) is 1. The number of carbonyl (C=O) groups excluding carboxylic acids is 3. The van der Waals surface area contributed by atoms with Crippen molar-refractivity contribution in [2.45, 2.75) is 31.4 Å². The predicted molar refractivity (Wildman–Crippen MR) is 128 cm³/mol. The van der Waals surface area contributed by atoms with E-state index in [9.17, 15) is 14.4 Å². The third-order valence-corrected chi connectivity index (χ3v) is 6.27. The second-order valence-corrected chi connectivity index (χ2v) is 8.77. The summed E-state index contributed by atoms with van der Waals surface area (Å²) in [6.07, 6.45) is 0. The second kappa shape index (κ2) is 11.2. The average Bonchev–Trinajstić information content (AvgIpc) is 3.11. The van der Waals surface area contributed by atoms with Gasteiger partial charge in [-0.25, -0.2) is 9.59 Å². The molecule has 6 nitrogen and oxygen atoms in total. The van der Waals surface area contributed by atoms with E-state index in [4.69, 9.17) is 21.1 Å². The minimum atomic E-state index is -0.591. The normalized spacial score (nSPS) is 10.7. The Kier molecular flexibility index (Phi) is 8.36. The lowest BCUT2D eigenvalue weighted by atomic mass is 10.1. The highest BCUT2D eigenvalue weighted by molar-refractivity contribution is 7.98. The molecule has 0 amide bonds. The molecule has 1 heterocycles. The van der Waals surface area contributed by atoms with Gasteiger partial charge in [0, 0.05) is 21.4 Å². The van der Waals surface area contributed by atoms with Crippen LogP contribution in [0.4, 0.5) is 0 Å². The Morgan fingerprint density at radius 1 is 0.939 bits per heavy atom. The first-order chi connectivity index (χ1) is 15.8. The molecule has 0 saturated heterocycles. The van der Waals surface area contributed by atoms with Crippen molar-refractivity contribution in [1.82, 2.24) is 4.98 Å². The highest BCUT2D eigenvalue weighted by atomic mass is 35.5. The van der Waals surface area contributed by atoms with E-state index in [1.54, 1.807) is 44.7 Å². The van der Waals surface area contributed by atoms with E-state index < -0.39 is 24.3 Å². The highest BCUT2D eigenvalue weighted by Gasteiger charge is 2.23. The average molecular weight is 486 g/mol. The van der Waals surface area contributed by atoms with E-state index in [0.29, 0.717) is 27.4 Å². The highest BCUT2D eigenvalue weighted by Crippen LogP contribution is 2.24. The van der Waals surface area contributed by atoms with Gasteiger partial charge in [0.1, 0.15) is 0 Å². The van der Waals surface area contributed by atoms with Crippen LogP contribution in [0.15, 0.2) is 53.4 Å². The lowest BCUT2D eigenvalue weighted by Gasteiger charge is -2.06. The first-order valence-corrected chi connectivity index (χ1v) is 11.7. The van der Waals surface area contributed by atoms with E-state index in [1.807, 2.05) is 36.4 Å². The molecule has 172 valence electrons. The smallest absolute Gasteiger partial charge is 0.340 e. The van der Waals surface area contributed by atoms with Crippen molar-refractivity contribution in [3.05, 3.63) is 87.2 Å². The van der Waals surface area contributed by atoms with Crippen LogP contribution >= 0.6 is 23.4 Å². The number of aromatic nitrogens is 1. The van der Waals surface area contributed by atoms with E-state index in [-0.39, 0.29) is 12.3 Å². The molecule has 0 bridgehead atoms. The number of esters is 2. The zero-order valence-electron chi connectivity index (χ0n) is 18.6. The van der Waals surface area contributed by atoms with Gasteiger partial charge in [-0.1, -0.05) is 23.7 Å². The summed E-state index contributed by atoms with van der Waals surface area (Å²) >= 11 is 7.56. The standard InChI is InChI=1S/C25H24ClNO5S/c1-4-31-25(30)22-15(2)23(27-16(22)3)21(28)13-32-24(29)18-7-5-17(6-8-18)14-33-20-11-9-19(26)10-12-20/h5-12,27H,4,13-14H2,1-3H3. The fourth-order valence-corrected chi connectivity index (χ4v) is 4.24. The summed E-state index contributed by atoms with van der Waals surface area (Å²) in [5.74, 6) is -0.764. The molecule has 0 atom stereocenters. The van der Waals surface area contributed by atoms with E-state index in [2.05, 4.69) is 4.98 Å². The van der Waals surface area contributed by atoms with Crippen LogP contribution in [0.1, 0.15) is 54.9 Å². The number of aryl methyl sites for hydroxylation is 1. The maximum Gasteiger partial charge on any atom is 0.340 e. The van der Waals surface area contributed by atoms with Crippen LogP contribution in [-0.2, 0) is 15.2 Å². The summed E-state index contributed by atoms with van der Waals surface area (Å²) in [6, 6.07) is 14.7. The quantitative estimate of drug-likeness (QED) is 0.234. The van der Waals surface area contributed by atoms with Gasteiger partial charge >= 0.3 is 11.9 Å². The van der Waals surface area contributed by atoms with Crippen molar-refractivity contribution in [1.29, 1.82) is 0 Å². The molecular weight excluding hydrogens is 462 g/mol. The van der Waals surface area contributed by atoms with Crippen molar-refractivity contribution in [2.24, 2.45) is 0 Å². The molecule has 33 heavy (non-hydrogen) atoms. The monoisotopic (exact) mass is 485 g/mol. The number of thioether (sulfide) groups is 1. The zero-order chi connectivity index (χ0) is 24.0. The number of ketones is 1. The molecule has 0 saturated carbocycles. The van der Waals surface area contributed by atoms with Crippen molar-refractivity contribution in [3.8, 4) is 0 Å². The first-order valence-electron chi connectivity index (χ1n) is 10.3. The SMILES string of the molecule is CCOC(=O)c1c(C)[nH]c(C(=O)COC(=O)c2ccc(CSc3ccc(Cl)cc3)cc2)c1C. The van der Waals surface area contributed by atoms with Gasteiger partial charge in [-0.05, 0) is 68.3 Å². The zero-order valence-corrected chi connectivity index (χ0v) is 20.1. The van der Waals surface area contributed by atoms with E-state index >= 15 is 0 Å². The van der Waals surface area contributed by atoms with Gasteiger partial charge in [-0.3, -0.25) is 4.79 Å². The predicted octanol–water partition coefficient (Wildman–Crippen LogP) is 5.79. The molecule has 0 aliphatic heterocycles. The first kappa shape index (κ1) is 24.6. The van der Waals surface area contributed by atoms with Crippen LogP contribution in [-0.4, -0.2) is 35.9 Å². The molecule has 0 radical (unpaired) electrons. The van der Waals surface area contributed by atoms with Crippen LogP contribution < -0.4 is 0 Å². The lowest BCUT2D eigenvalue weighted by Crippen LogP contribution is -2.15. The molecule has 0 spiro atoms. The maximum atomic E-state index is 12.6. The van der Waals surface area contributed by atoms with E-state index in [0.717, 1.165) is 16.2 Å². The number of rotatable bonds is 9. The van der Waals surface area contributed by atoms with Crippen molar-refractivity contribution >= 4 is 41.1 Å². The molecule has 0 aliphatic rings. The summed E-state index contributed by atoms with van der Waals surface area (Å²) < 4.78 is 10.2. The summed E-state index contributed by atoms with van der Waals surface area (Å²) in [5, 5.41) is 0.696. The van der Waals surface area contributed by atoms with Gasteiger partial charge in [0.25, 0.3) is 0 Å². The van der Waals surface area contributed by atoms with Crippen molar-refractivity contribution in [2.75, 3.05) is 13.2 Å². The Labute approximate surface area is 201 Å².